The number of aliphatic hydroxyl groups is 16. The van der Waals surface area contributed by atoms with E-state index in [-0.39, 0.29) is 13.1 Å². The molecule has 71 heavy (non-hydrogen) atoms. The van der Waals surface area contributed by atoms with E-state index < -0.39 is 154 Å². The fourth-order valence-corrected chi connectivity index (χ4v) is 8.91. The summed E-state index contributed by atoms with van der Waals surface area (Å²) in [6, 6.07) is 0. The van der Waals surface area contributed by atoms with Gasteiger partial charge in [-0.2, -0.15) is 0 Å². The van der Waals surface area contributed by atoms with Gasteiger partial charge in [0.15, 0.2) is 24.8 Å². The second-order valence-electron chi connectivity index (χ2n) is 19.4. The standard InChI is InChI=1S/C47H90N2O22/c1-3-5-7-9-11-13-15-17-19-47(20-18-16-14-12-10-8-6-4-2,25-48-43(66)37(62)35(60)41(27(54)21-50)70-45-39(64)33(58)31(56)29(23-52)68-45)26-49-44(67)38(63)36(61)42(28(55)22-51)71-46-40(65)34(59)32(57)30(24-53)69-46/h27-42,45-46,50-65H,3-26H2,1-2H3,(H,48,66)(H,49,67)/t27-,28-,29-,30-,31-,32-,33+,34+,35-,36-,37-,38-,39-,40-,41-,42-,45+,46+/m1/s1. The van der Waals surface area contributed by atoms with Gasteiger partial charge in [0.25, 0.3) is 11.8 Å². The quantitative estimate of drug-likeness (QED) is 0.0261. The average Bonchev–Trinajstić information content (AvgIpc) is 3.37. The van der Waals surface area contributed by atoms with Gasteiger partial charge in [0.2, 0.25) is 0 Å². The smallest absolute Gasteiger partial charge is 0.251 e. The molecule has 2 amide bonds. The molecule has 0 radical (unpaired) electrons. The van der Waals surface area contributed by atoms with Crippen molar-refractivity contribution in [1.82, 2.24) is 10.6 Å². The Morgan fingerprint density at radius 3 is 1.08 bits per heavy atom. The van der Waals surface area contributed by atoms with E-state index in [1.165, 1.54) is 0 Å². The van der Waals surface area contributed by atoms with Crippen LogP contribution >= 0.6 is 0 Å². The molecule has 0 unspecified atom stereocenters. The summed E-state index contributed by atoms with van der Waals surface area (Å²) in [5.74, 6) is -2.40. The van der Waals surface area contributed by atoms with E-state index in [4.69, 9.17) is 18.9 Å². The third-order valence-electron chi connectivity index (χ3n) is 13.7. The molecule has 2 aliphatic rings. The summed E-state index contributed by atoms with van der Waals surface area (Å²) in [5, 5.41) is 172. The molecule has 0 aliphatic carbocycles. The predicted octanol–water partition coefficient (Wildman–Crippen LogP) is -4.21. The highest BCUT2D eigenvalue weighted by Gasteiger charge is 2.49. The van der Waals surface area contributed by atoms with Gasteiger partial charge < -0.3 is 111 Å². The third-order valence-corrected chi connectivity index (χ3v) is 13.7. The molecule has 0 aromatic rings. The average molecular weight is 1040 g/mol. The Bertz CT molecular complexity index is 1320. The fourth-order valence-electron chi connectivity index (χ4n) is 8.91. The van der Waals surface area contributed by atoms with Crippen LogP contribution in [-0.2, 0) is 28.5 Å². The molecule has 2 aliphatic heterocycles. The lowest BCUT2D eigenvalue weighted by Crippen LogP contribution is -2.62. The molecule has 420 valence electrons. The van der Waals surface area contributed by atoms with Crippen LogP contribution in [0.5, 0.6) is 0 Å². The second kappa shape index (κ2) is 34.7. The molecule has 2 saturated heterocycles. The molecule has 0 bridgehead atoms. The summed E-state index contributed by atoms with van der Waals surface area (Å²) in [7, 11) is 0. The Morgan fingerprint density at radius 1 is 0.479 bits per heavy atom. The maximum absolute atomic E-state index is 13.8. The van der Waals surface area contributed by atoms with Gasteiger partial charge in [0, 0.05) is 18.5 Å². The lowest BCUT2D eigenvalue weighted by Gasteiger charge is -2.42. The van der Waals surface area contributed by atoms with Crippen LogP contribution in [0.1, 0.15) is 129 Å². The third kappa shape index (κ3) is 20.7. The van der Waals surface area contributed by atoms with Gasteiger partial charge in [-0.05, 0) is 12.8 Å². The minimum absolute atomic E-state index is 0.256. The van der Waals surface area contributed by atoms with Crippen molar-refractivity contribution in [2.75, 3.05) is 39.5 Å². The van der Waals surface area contributed by atoms with Crippen LogP contribution in [0.25, 0.3) is 0 Å². The topological polar surface area (TPSA) is 419 Å². The first-order valence-corrected chi connectivity index (χ1v) is 25.6. The van der Waals surface area contributed by atoms with Crippen molar-refractivity contribution >= 4 is 11.8 Å². The zero-order valence-corrected chi connectivity index (χ0v) is 41.5. The number of unbranched alkanes of at least 4 members (excludes halogenated alkanes) is 14. The minimum Gasteiger partial charge on any atom is -0.394 e. The first kappa shape index (κ1) is 65.3. The second-order valence-corrected chi connectivity index (χ2v) is 19.4. The first-order chi connectivity index (χ1) is 33.8. The lowest BCUT2D eigenvalue weighted by atomic mass is 9.77. The fraction of sp³-hybridized carbons (Fsp3) is 0.957. The summed E-state index contributed by atoms with van der Waals surface area (Å²) in [5.41, 5.74) is -1.03. The summed E-state index contributed by atoms with van der Waals surface area (Å²) in [6.07, 6.45) is -20.0. The van der Waals surface area contributed by atoms with Crippen molar-refractivity contribution in [2.24, 2.45) is 5.41 Å². The molecular weight excluding hydrogens is 945 g/mol. The number of carbonyl (C=O) groups excluding carboxylic acids is 2. The number of ether oxygens (including phenoxy) is 4. The van der Waals surface area contributed by atoms with E-state index in [1.807, 2.05) is 0 Å². The zero-order chi connectivity index (χ0) is 53.3. The number of hydrogen-bond donors (Lipinski definition) is 18. The molecule has 2 fully saturated rings. The van der Waals surface area contributed by atoms with E-state index >= 15 is 0 Å². The SMILES string of the molecule is CCCCCCCCCCC(CCCCCCCCCC)(CNC(=O)[C@H](O)[C@@H](O)[C@H](O[C@@H]1O[C@H](CO)[C@@H](O)[C@H](O)[C@H]1O)[C@H](O)CO)CNC(=O)[C@H](O)[C@@H](O)[C@H](O[C@@H]1O[C@H](CO)[C@@H](O)[C@H](O)[C@H]1O)[C@H](O)CO. The Labute approximate surface area is 416 Å². The summed E-state index contributed by atoms with van der Waals surface area (Å²) in [6.45, 7) is -0.152. The molecule has 24 nitrogen and oxygen atoms in total. The van der Waals surface area contributed by atoms with Crippen LogP contribution in [0.2, 0.25) is 0 Å². The van der Waals surface area contributed by atoms with Crippen molar-refractivity contribution in [3.63, 3.8) is 0 Å². The predicted molar refractivity (Wildman–Crippen MR) is 250 cm³/mol. The monoisotopic (exact) mass is 1030 g/mol. The van der Waals surface area contributed by atoms with Crippen molar-refractivity contribution in [3.05, 3.63) is 0 Å². The number of amides is 2. The summed E-state index contributed by atoms with van der Waals surface area (Å²) in [4.78, 5) is 27.5. The van der Waals surface area contributed by atoms with E-state index in [9.17, 15) is 91.3 Å². The van der Waals surface area contributed by atoms with E-state index in [1.54, 1.807) is 0 Å². The molecule has 2 rings (SSSR count). The molecule has 24 heteroatoms. The maximum atomic E-state index is 13.8. The largest absolute Gasteiger partial charge is 0.394 e. The highest BCUT2D eigenvalue weighted by atomic mass is 16.7. The molecule has 0 aromatic heterocycles. The van der Waals surface area contributed by atoms with Gasteiger partial charge >= 0.3 is 0 Å². The highest BCUT2D eigenvalue weighted by molar-refractivity contribution is 5.82. The number of hydrogen-bond acceptors (Lipinski definition) is 22. The lowest BCUT2D eigenvalue weighted by molar-refractivity contribution is -0.326. The zero-order valence-electron chi connectivity index (χ0n) is 41.5. The van der Waals surface area contributed by atoms with Crippen LogP contribution in [0.15, 0.2) is 0 Å². The van der Waals surface area contributed by atoms with Gasteiger partial charge in [-0.3, -0.25) is 9.59 Å². The minimum atomic E-state index is -2.39. The van der Waals surface area contributed by atoms with Gasteiger partial charge in [0.1, 0.15) is 85.5 Å². The van der Waals surface area contributed by atoms with Crippen LogP contribution in [0.4, 0.5) is 0 Å². The van der Waals surface area contributed by atoms with Crippen LogP contribution in [0, 0.1) is 5.41 Å². The molecule has 2 heterocycles. The Balaban J connectivity index is 2.42. The molecule has 0 spiro atoms. The van der Waals surface area contributed by atoms with Crippen molar-refractivity contribution in [1.29, 1.82) is 0 Å². The molecule has 18 N–H and O–H groups in total. The highest BCUT2D eigenvalue weighted by Crippen LogP contribution is 2.33. The van der Waals surface area contributed by atoms with Gasteiger partial charge in [-0.15, -0.1) is 0 Å². The van der Waals surface area contributed by atoms with Crippen molar-refractivity contribution < 1.29 is 110 Å². The van der Waals surface area contributed by atoms with Gasteiger partial charge in [-0.1, -0.05) is 117 Å². The van der Waals surface area contributed by atoms with Crippen LogP contribution in [0.3, 0.4) is 0 Å². The number of carbonyl (C=O) groups is 2. The van der Waals surface area contributed by atoms with E-state index in [0.29, 0.717) is 25.7 Å². The van der Waals surface area contributed by atoms with E-state index in [0.717, 1.165) is 89.9 Å². The molecule has 18 atom stereocenters. The molecule has 0 saturated carbocycles. The molecule has 0 aromatic carbocycles. The van der Waals surface area contributed by atoms with Crippen molar-refractivity contribution in [3.8, 4) is 0 Å². The van der Waals surface area contributed by atoms with Crippen molar-refractivity contribution in [2.45, 2.75) is 240 Å². The Morgan fingerprint density at radius 2 is 0.789 bits per heavy atom. The normalized spacial score (nSPS) is 28.6. The van der Waals surface area contributed by atoms with Crippen LogP contribution in [-0.4, -0.2) is 243 Å². The summed E-state index contributed by atoms with van der Waals surface area (Å²) < 4.78 is 21.6. The van der Waals surface area contributed by atoms with Crippen LogP contribution < -0.4 is 10.6 Å². The number of nitrogens with one attached hydrogen (secondary N) is 2. The Kier molecular flexibility index (Phi) is 31.9. The number of aliphatic hydroxyl groups excluding tert-OH is 16. The van der Waals surface area contributed by atoms with Gasteiger partial charge in [-0.25, -0.2) is 0 Å². The molecular formula is C47H90N2O22. The van der Waals surface area contributed by atoms with Gasteiger partial charge in [0.05, 0.1) is 26.4 Å². The Hall–Kier alpha value is -1.86. The number of rotatable bonds is 38. The maximum Gasteiger partial charge on any atom is 0.251 e. The summed E-state index contributed by atoms with van der Waals surface area (Å²) >= 11 is 0. The van der Waals surface area contributed by atoms with E-state index in [2.05, 4.69) is 24.5 Å². The first-order valence-electron chi connectivity index (χ1n) is 25.6.